The summed E-state index contributed by atoms with van der Waals surface area (Å²) < 4.78 is 2.73. The van der Waals surface area contributed by atoms with Crippen LogP contribution in [0, 0.1) is 0 Å². The maximum atomic E-state index is 2.54. The van der Waals surface area contributed by atoms with Gasteiger partial charge in [-0.2, -0.15) is 0 Å². The van der Waals surface area contributed by atoms with Gasteiger partial charge in [-0.1, -0.05) is 158 Å². The Labute approximate surface area is 313 Å². The zero-order valence-corrected chi connectivity index (χ0v) is 30.7. The molecule has 0 bridgehead atoms. The van der Waals surface area contributed by atoms with Crippen molar-refractivity contribution < 1.29 is 0 Å². The quantitative estimate of drug-likeness (QED) is 0.127. The van der Waals surface area contributed by atoms with Crippen LogP contribution in [0.25, 0.3) is 52.8 Å². The van der Waals surface area contributed by atoms with Crippen LogP contribution in [0.15, 0.2) is 200 Å². The number of hydrogen-bond acceptors (Lipinski definition) is 2. The molecule has 0 amide bonds. The van der Waals surface area contributed by atoms with Crippen LogP contribution >= 0.6 is 11.3 Å². The third-order valence-corrected chi connectivity index (χ3v) is 17.3. The Balaban J connectivity index is 1.22. The molecular weight excluding hydrogens is 675 g/mol. The number of nitrogens with zero attached hydrogens (tertiary/aromatic N) is 1. The molecule has 1 nitrogen and oxygen atoms in total. The molecule has 0 fully saturated rings. The molecule has 10 aromatic rings. The van der Waals surface area contributed by atoms with Crippen molar-refractivity contribution in [2.24, 2.45) is 0 Å². The molecule has 0 aliphatic carbocycles. The number of anilines is 3. The minimum atomic E-state index is -2.77. The monoisotopic (exact) mass is 707 g/mol. The van der Waals surface area contributed by atoms with Gasteiger partial charge in [-0.15, -0.1) is 11.3 Å². The van der Waals surface area contributed by atoms with Gasteiger partial charge in [-0.25, -0.2) is 0 Å². The Kier molecular flexibility index (Phi) is 6.81. The van der Waals surface area contributed by atoms with E-state index in [4.69, 9.17) is 0 Å². The largest absolute Gasteiger partial charge is 0.310 e. The number of hydrogen-bond donors (Lipinski definition) is 0. The lowest BCUT2D eigenvalue weighted by Crippen LogP contribution is -2.72. The van der Waals surface area contributed by atoms with Crippen LogP contribution in [0.5, 0.6) is 0 Å². The lowest BCUT2D eigenvalue weighted by molar-refractivity contribution is 1.29. The normalized spacial score (nSPS) is 13.1. The van der Waals surface area contributed by atoms with Crippen LogP contribution in [0.2, 0.25) is 0 Å². The molecule has 2 heterocycles. The molecule has 1 aliphatic rings. The van der Waals surface area contributed by atoms with Gasteiger partial charge in [0.2, 0.25) is 0 Å². The summed E-state index contributed by atoms with van der Waals surface area (Å²) in [6.07, 6.45) is 0. The average Bonchev–Trinajstić information content (AvgIpc) is 3.76. The maximum Gasteiger partial charge on any atom is 0.181 e. The first-order chi connectivity index (χ1) is 26.3. The van der Waals surface area contributed by atoms with Crippen LogP contribution in [-0.2, 0) is 0 Å². The van der Waals surface area contributed by atoms with Crippen molar-refractivity contribution in [1.29, 1.82) is 0 Å². The predicted molar refractivity (Wildman–Crippen MR) is 232 cm³/mol. The molecule has 0 radical (unpaired) electrons. The maximum absolute atomic E-state index is 2.77. The first-order valence-corrected chi connectivity index (χ1v) is 21.1. The molecule has 53 heavy (non-hydrogen) atoms. The summed E-state index contributed by atoms with van der Waals surface area (Å²) in [5.41, 5.74) is 6.22. The van der Waals surface area contributed by atoms with Gasteiger partial charge in [0, 0.05) is 37.2 Å². The SMILES string of the molecule is c1ccc(N(c2ccc3c(c2)[Si](c2ccccc2)(c2ccccc2)c2ccc4c(sc5ccccc54)c2-3)c2ccc3c(ccc4ccccc43)c2)cc1. The molecule has 0 spiro atoms. The van der Waals surface area contributed by atoms with E-state index in [1.54, 1.807) is 0 Å². The second kappa shape index (κ2) is 11.9. The van der Waals surface area contributed by atoms with Crippen molar-refractivity contribution in [3.05, 3.63) is 200 Å². The highest BCUT2D eigenvalue weighted by Gasteiger charge is 2.49. The van der Waals surface area contributed by atoms with E-state index in [1.807, 2.05) is 11.3 Å². The zero-order chi connectivity index (χ0) is 34.9. The topological polar surface area (TPSA) is 3.24 Å². The standard InChI is InChI=1S/C50H33NSSi/c1-4-15-36(16-5-1)51(37-26-28-42-35(32-37)25-24-34-14-10-11-21-41(34)42)38-27-29-45-48(33-38)53(39-17-6-2-7-18-39,40-19-8-3-9-20-40)47-31-30-44-43-22-12-13-23-46(43)52-50(44)49(45)47/h1-33H. The van der Waals surface area contributed by atoms with E-state index in [2.05, 4.69) is 205 Å². The van der Waals surface area contributed by atoms with E-state index in [9.17, 15) is 0 Å². The van der Waals surface area contributed by atoms with Gasteiger partial charge in [-0.3, -0.25) is 0 Å². The summed E-state index contributed by atoms with van der Waals surface area (Å²) in [5.74, 6) is 0. The van der Waals surface area contributed by atoms with E-state index < -0.39 is 8.07 Å². The van der Waals surface area contributed by atoms with Gasteiger partial charge in [0.15, 0.2) is 8.07 Å². The summed E-state index contributed by atoms with van der Waals surface area (Å²) in [5, 5.41) is 13.5. The van der Waals surface area contributed by atoms with Crippen molar-refractivity contribution in [3.8, 4) is 11.1 Å². The van der Waals surface area contributed by atoms with Crippen LogP contribution in [0.3, 0.4) is 0 Å². The average molecular weight is 708 g/mol. The minimum Gasteiger partial charge on any atom is -0.310 e. The second-order valence-electron chi connectivity index (χ2n) is 14.0. The molecule has 0 N–H and O–H groups in total. The highest BCUT2D eigenvalue weighted by molar-refractivity contribution is 7.28. The van der Waals surface area contributed by atoms with Crippen LogP contribution in [-0.4, -0.2) is 8.07 Å². The van der Waals surface area contributed by atoms with Crippen molar-refractivity contribution in [2.75, 3.05) is 4.90 Å². The molecule has 0 saturated heterocycles. The van der Waals surface area contributed by atoms with E-state index in [0.29, 0.717) is 0 Å². The number of rotatable bonds is 5. The van der Waals surface area contributed by atoms with Gasteiger partial charge >= 0.3 is 0 Å². The summed E-state index contributed by atoms with van der Waals surface area (Å²) in [6.45, 7) is 0. The fourth-order valence-electron chi connectivity index (χ4n) is 9.04. The molecule has 248 valence electrons. The van der Waals surface area contributed by atoms with E-state index >= 15 is 0 Å². The summed E-state index contributed by atoms with van der Waals surface area (Å²) in [4.78, 5) is 2.45. The molecule has 0 unspecified atom stereocenters. The van der Waals surface area contributed by atoms with E-state index in [-0.39, 0.29) is 0 Å². The Morgan fingerprint density at radius 2 is 0.962 bits per heavy atom. The Morgan fingerprint density at radius 1 is 0.377 bits per heavy atom. The molecule has 9 aromatic carbocycles. The number of benzene rings is 9. The second-order valence-corrected chi connectivity index (χ2v) is 18.8. The fraction of sp³-hybridized carbons (Fsp3) is 0. The van der Waals surface area contributed by atoms with Crippen molar-refractivity contribution in [2.45, 2.75) is 0 Å². The fourth-order valence-corrected chi connectivity index (χ4v) is 15.6. The molecule has 0 saturated carbocycles. The van der Waals surface area contributed by atoms with Gasteiger partial charge in [-0.05, 0) is 95.9 Å². The Morgan fingerprint density at radius 3 is 1.74 bits per heavy atom. The van der Waals surface area contributed by atoms with E-state index in [0.717, 1.165) is 11.4 Å². The molecular formula is C50H33NSSi. The van der Waals surface area contributed by atoms with Gasteiger partial charge in [0.25, 0.3) is 0 Å². The first kappa shape index (κ1) is 30.4. The van der Waals surface area contributed by atoms with Gasteiger partial charge in [0.1, 0.15) is 0 Å². The highest BCUT2D eigenvalue weighted by atomic mass is 32.1. The highest BCUT2D eigenvalue weighted by Crippen LogP contribution is 2.44. The van der Waals surface area contributed by atoms with Crippen LogP contribution < -0.4 is 25.6 Å². The van der Waals surface area contributed by atoms with Crippen molar-refractivity contribution in [3.63, 3.8) is 0 Å². The van der Waals surface area contributed by atoms with Crippen LogP contribution in [0.4, 0.5) is 17.1 Å². The lowest BCUT2D eigenvalue weighted by Gasteiger charge is -2.32. The van der Waals surface area contributed by atoms with Crippen LogP contribution in [0.1, 0.15) is 0 Å². The summed E-state index contributed by atoms with van der Waals surface area (Å²) in [6, 6.07) is 74.8. The third-order valence-electron chi connectivity index (χ3n) is 11.3. The number of fused-ring (bicyclic) bond motifs is 10. The molecule has 0 atom stereocenters. The molecule has 3 heteroatoms. The predicted octanol–water partition coefficient (Wildman–Crippen LogP) is 11.2. The number of thiophene rings is 1. The van der Waals surface area contributed by atoms with Crippen molar-refractivity contribution in [1.82, 2.24) is 0 Å². The Bertz CT molecular complexity index is 2970. The smallest absolute Gasteiger partial charge is 0.181 e. The molecule has 1 aromatic heterocycles. The van der Waals surface area contributed by atoms with Gasteiger partial charge in [0.05, 0.1) is 0 Å². The molecule has 1 aliphatic heterocycles. The molecule has 11 rings (SSSR count). The summed E-state index contributed by atoms with van der Waals surface area (Å²) >= 11 is 1.94. The van der Waals surface area contributed by atoms with Crippen molar-refractivity contribution >= 4 is 98.9 Å². The zero-order valence-electron chi connectivity index (χ0n) is 28.9. The lowest BCUT2D eigenvalue weighted by atomic mass is 10.0. The minimum absolute atomic E-state index is 1.14. The third kappa shape index (κ3) is 4.48. The summed E-state index contributed by atoms with van der Waals surface area (Å²) in [7, 11) is -2.77. The van der Waals surface area contributed by atoms with E-state index in [1.165, 1.54) is 79.3 Å². The number of para-hydroxylation sites is 1. The Hall–Kier alpha value is -6.26. The first-order valence-electron chi connectivity index (χ1n) is 18.3. The van der Waals surface area contributed by atoms with Gasteiger partial charge < -0.3 is 4.90 Å².